The lowest BCUT2D eigenvalue weighted by molar-refractivity contribution is 0.102. The highest BCUT2D eigenvalue weighted by Gasteiger charge is 2.11. The van der Waals surface area contributed by atoms with E-state index in [0.29, 0.717) is 22.8 Å². The Morgan fingerprint density at radius 3 is 2.72 bits per heavy atom. The van der Waals surface area contributed by atoms with Crippen LogP contribution in [0.15, 0.2) is 24.4 Å². The van der Waals surface area contributed by atoms with Crippen LogP contribution in [0.25, 0.3) is 0 Å². The minimum atomic E-state index is -0.223. The first-order chi connectivity index (χ1) is 8.56. The molecule has 0 aliphatic heterocycles. The third kappa shape index (κ3) is 3.00. The predicted molar refractivity (Wildman–Crippen MR) is 76.4 cm³/mol. The summed E-state index contributed by atoms with van der Waals surface area (Å²) in [7, 11) is 0. The molecular formula is C12H11IN4O. The molecular weight excluding hydrogens is 343 g/mol. The number of hydrogen-bond acceptors (Lipinski definition) is 4. The molecule has 2 aromatic heterocycles. The molecule has 2 aromatic rings. The quantitative estimate of drug-likeness (QED) is 0.841. The maximum absolute atomic E-state index is 12.1. The SMILES string of the molecule is Cc1cc(C(=O)Nc2ccc(I)cn2)c(C)nn1. The van der Waals surface area contributed by atoms with Crippen molar-refractivity contribution in [2.24, 2.45) is 0 Å². The van der Waals surface area contributed by atoms with E-state index in [1.54, 1.807) is 32.2 Å². The second kappa shape index (κ2) is 5.38. The Hall–Kier alpha value is -1.57. The van der Waals surface area contributed by atoms with E-state index in [2.05, 4.69) is 43.1 Å². The molecule has 6 heteroatoms. The van der Waals surface area contributed by atoms with Crippen LogP contribution in [0, 0.1) is 17.4 Å². The molecule has 1 amide bonds. The fourth-order valence-corrected chi connectivity index (χ4v) is 1.73. The van der Waals surface area contributed by atoms with E-state index in [1.165, 1.54) is 0 Å². The van der Waals surface area contributed by atoms with E-state index < -0.39 is 0 Å². The topological polar surface area (TPSA) is 67.8 Å². The third-order valence-electron chi connectivity index (χ3n) is 2.31. The van der Waals surface area contributed by atoms with Crippen molar-refractivity contribution in [1.29, 1.82) is 0 Å². The van der Waals surface area contributed by atoms with Crippen LogP contribution >= 0.6 is 22.6 Å². The van der Waals surface area contributed by atoms with Crippen molar-refractivity contribution in [3.05, 3.63) is 44.9 Å². The van der Waals surface area contributed by atoms with Gasteiger partial charge in [0, 0.05) is 9.77 Å². The van der Waals surface area contributed by atoms with Crippen molar-refractivity contribution in [2.45, 2.75) is 13.8 Å². The van der Waals surface area contributed by atoms with E-state index in [9.17, 15) is 4.79 Å². The van der Waals surface area contributed by atoms with Crippen molar-refractivity contribution in [2.75, 3.05) is 5.32 Å². The smallest absolute Gasteiger partial charge is 0.258 e. The first kappa shape index (κ1) is 12.9. The Bertz CT molecular complexity index is 583. The molecule has 1 N–H and O–H groups in total. The maximum atomic E-state index is 12.1. The van der Waals surface area contributed by atoms with Gasteiger partial charge < -0.3 is 5.32 Å². The molecule has 5 nitrogen and oxygen atoms in total. The summed E-state index contributed by atoms with van der Waals surface area (Å²) in [5.74, 6) is 0.300. The Labute approximate surface area is 118 Å². The van der Waals surface area contributed by atoms with Gasteiger partial charge in [-0.05, 0) is 54.6 Å². The Balaban J connectivity index is 2.21. The zero-order valence-electron chi connectivity index (χ0n) is 9.94. The van der Waals surface area contributed by atoms with Gasteiger partial charge in [0.2, 0.25) is 0 Å². The summed E-state index contributed by atoms with van der Waals surface area (Å²) < 4.78 is 1.02. The molecule has 0 radical (unpaired) electrons. The van der Waals surface area contributed by atoms with Crippen LogP contribution in [0.5, 0.6) is 0 Å². The molecule has 0 saturated heterocycles. The van der Waals surface area contributed by atoms with Crippen molar-refractivity contribution >= 4 is 34.3 Å². The Kier molecular flexibility index (Phi) is 3.85. The summed E-state index contributed by atoms with van der Waals surface area (Å²) in [6.45, 7) is 3.55. The van der Waals surface area contributed by atoms with Gasteiger partial charge in [-0.15, -0.1) is 0 Å². The van der Waals surface area contributed by atoms with Crippen LogP contribution in [0.2, 0.25) is 0 Å². The molecule has 0 bridgehead atoms. The Morgan fingerprint density at radius 1 is 1.28 bits per heavy atom. The average molecular weight is 354 g/mol. The van der Waals surface area contributed by atoms with Gasteiger partial charge >= 0.3 is 0 Å². The number of rotatable bonds is 2. The monoisotopic (exact) mass is 354 g/mol. The minimum Gasteiger partial charge on any atom is -0.307 e. The summed E-state index contributed by atoms with van der Waals surface area (Å²) >= 11 is 2.16. The van der Waals surface area contributed by atoms with E-state index in [1.807, 2.05) is 6.07 Å². The largest absolute Gasteiger partial charge is 0.307 e. The van der Waals surface area contributed by atoms with Crippen LogP contribution in [-0.4, -0.2) is 21.1 Å². The highest BCUT2D eigenvalue weighted by molar-refractivity contribution is 14.1. The predicted octanol–water partition coefficient (Wildman–Crippen LogP) is 2.35. The number of aryl methyl sites for hydroxylation is 2. The molecule has 0 aromatic carbocycles. The van der Waals surface area contributed by atoms with Gasteiger partial charge in [0.1, 0.15) is 5.82 Å². The summed E-state index contributed by atoms with van der Waals surface area (Å²) in [6.07, 6.45) is 1.69. The molecule has 0 saturated carbocycles. The van der Waals surface area contributed by atoms with Crippen molar-refractivity contribution in [1.82, 2.24) is 15.2 Å². The molecule has 2 heterocycles. The van der Waals surface area contributed by atoms with Gasteiger partial charge in [-0.1, -0.05) is 0 Å². The highest BCUT2D eigenvalue weighted by atomic mass is 127. The number of pyridine rings is 1. The van der Waals surface area contributed by atoms with Gasteiger partial charge in [0.05, 0.1) is 17.0 Å². The second-order valence-corrected chi connectivity index (χ2v) is 5.05. The van der Waals surface area contributed by atoms with Gasteiger partial charge in [-0.3, -0.25) is 4.79 Å². The molecule has 18 heavy (non-hydrogen) atoms. The van der Waals surface area contributed by atoms with Crippen LogP contribution in [0.3, 0.4) is 0 Å². The van der Waals surface area contributed by atoms with Gasteiger partial charge in [-0.25, -0.2) is 4.98 Å². The van der Waals surface area contributed by atoms with Crippen LogP contribution in [0.1, 0.15) is 21.7 Å². The summed E-state index contributed by atoms with van der Waals surface area (Å²) in [5, 5.41) is 10.5. The molecule has 0 spiro atoms. The number of amides is 1. The molecule has 0 atom stereocenters. The van der Waals surface area contributed by atoms with Crippen molar-refractivity contribution in [3.8, 4) is 0 Å². The molecule has 0 aliphatic carbocycles. The first-order valence-corrected chi connectivity index (χ1v) is 6.38. The van der Waals surface area contributed by atoms with Gasteiger partial charge in [0.25, 0.3) is 5.91 Å². The van der Waals surface area contributed by atoms with Crippen LogP contribution < -0.4 is 5.32 Å². The Morgan fingerprint density at radius 2 is 2.06 bits per heavy atom. The summed E-state index contributed by atoms with van der Waals surface area (Å²) in [6, 6.07) is 5.35. The van der Waals surface area contributed by atoms with Gasteiger partial charge in [0.15, 0.2) is 0 Å². The molecule has 0 fully saturated rings. The maximum Gasteiger partial charge on any atom is 0.258 e. The van der Waals surface area contributed by atoms with Crippen molar-refractivity contribution < 1.29 is 4.79 Å². The minimum absolute atomic E-state index is 0.223. The number of nitrogens with one attached hydrogen (secondary N) is 1. The molecule has 92 valence electrons. The second-order valence-electron chi connectivity index (χ2n) is 3.80. The third-order valence-corrected chi connectivity index (χ3v) is 2.95. The zero-order valence-corrected chi connectivity index (χ0v) is 12.1. The highest BCUT2D eigenvalue weighted by Crippen LogP contribution is 2.11. The van der Waals surface area contributed by atoms with Crippen LogP contribution in [0.4, 0.5) is 5.82 Å². The fourth-order valence-electron chi connectivity index (χ4n) is 1.41. The standard InChI is InChI=1S/C12H11IN4O/c1-7-5-10(8(2)17-16-7)12(18)15-11-4-3-9(13)6-14-11/h3-6H,1-2H3,(H,14,15,18). The number of aromatic nitrogens is 3. The zero-order chi connectivity index (χ0) is 13.1. The lowest BCUT2D eigenvalue weighted by Crippen LogP contribution is -2.15. The number of hydrogen-bond donors (Lipinski definition) is 1. The lowest BCUT2D eigenvalue weighted by atomic mass is 10.2. The number of nitrogens with zero attached hydrogens (tertiary/aromatic N) is 3. The summed E-state index contributed by atoms with van der Waals surface area (Å²) in [4.78, 5) is 16.2. The average Bonchev–Trinajstić information content (AvgIpc) is 2.35. The number of anilines is 1. The van der Waals surface area contributed by atoms with E-state index in [4.69, 9.17) is 0 Å². The van der Waals surface area contributed by atoms with E-state index in [0.717, 1.165) is 3.57 Å². The number of halogens is 1. The lowest BCUT2D eigenvalue weighted by Gasteiger charge is -2.06. The molecule has 2 rings (SSSR count). The number of carbonyl (C=O) groups is 1. The molecule has 0 aliphatic rings. The van der Waals surface area contributed by atoms with E-state index in [-0.39, 0.29) is 5.91 Å². The van der Waals surface area contributed by atoms with Crippen LogP contribution in [-0.2, 0) is 0 Å². The number of carbonyl (C=O) groups excluding carboxylic acids is 1. The van der Waals surface area contributed by atoms with E-state index >= 15 is 0 Å². The fraction of sp³-hybridized carbons (Fsp3) is 0.167. The first-order valence-electron chi connectivity index (χ1n) is 5.30. The van der Waals surface area contributed by atoms with Gasteiger partial charge in [-0.2, -0.15) is 10.2 Å². The summed E-state index contributed by atoms with van der Waals surface area (Å²) in [5.41, 5.74) is 1.83. The normalized spacial score (nSPS) is 10.2. The van der Waals surface area contributed by atoms with Crippen molar-refractivity contribution in [3.63, 3.8) is 0 Å². The molecule has 0 unspecified atom stereocenters.